The summed E-state index contributed by atoms with van der Waals surface area (Å²) in [7, 11) is -2.48. The molecule has 0 aliphatic rings. The molecule has 0 rings (SSSR count). The highest BCUT2D eigenvalue weighted by atomic mass is 32.2. The molecule has 7 heteroatoms. The maximum absolute atomic E-state index is 11.3. The fourth-order valence-corrected chi connectivity index (χ4v) is 2.09. The van der Waals surface area contributed by atoms with Crippen LogP contribution >= 0.6 is 0 Å². The highest BCUT2D eigenvalue weighted by Gasteiger charge is 2.19. The number of sulfonamides is 1. The van der Waals surface area contributed by atoms with Crippen molar-refractivity contribution in [2.45, 2.75) is 19.4 Å². The van der Waals surface area contributed by atoms with E-state index in [2.05, 4.69) is 9.46 Å². The Morgan fingerprint density at radius 1 is 1.57 bits per heavy atom. The van der Waals surface area contributed by atoms with Crippen molar-refractivity contribution >= 4 is 16.0 Å². The first-order valence-corrected chi connectivity index (χ1v) is 5.87. The van der Waals surface area contributed by atoms with Gasteiger partial charge in [-0.15, -0.1) is 0 Å². The van der Waals surface area contributed by atoms with Crippen molar-refractivity contribution < 1.29 is 17.9 Å². The van der Waals surface area contributed by atoms with Crippen LogP contribution in [-0.4, -0.2) is 39.8 Å². The number of ether oxygens (including phenoxy) is 1. The van der Waals surface area contributed by atoms with E-state index in [1.165, 1.54) is 0 Å². The van der Waals surface area contributed by atoms with Crippen LogP contribution in [0.1, 0.15) is 13.3 Å². The largest absolute Gasteiger partial charge is 0.468 e. The Kier molecular flexibility index (Phi) is 5.66. The molecule has 1 unspecified atom stereocenters. The third-order valence-corrected chi connectivity index (χ3v) is 2.97. The van der Waals surface area contributed by atoms with Gasteiger partial charge in [-0.05, 0) is 6.42 Å². The average Bonchev–Trinajstić information content (AvgIpc) is 2.13. The maximum atomic E-state index is 11.3. The lowest BCUT2D eigenvalue weighted by Crippen LogP contribution is -2.42. The second-order valence-electron chi connectivity index (χ2n) is 2.79. The van der Waals surface area contributed by atoms with E-state index in [1.807, 2.05) is 0 Å². The molecule has 0 spiro atoms. The predicted octanol–water partition coefficient (Wildman–Crippen LogP) is -1.18. The topological polar surface area (TPSA) is 98.5 Å². The number of nitrogens with one attached hydrogen (secondary N) is 1. The summed E-state index contributed by atoms with van der Waals surface area (Å²) in [6, 6.07) is -0.329. The maximum Gasteiger partial charge on any atom is 0.322 e. The van der Waals surface area contributed by atoms with Crippen molar-refractivity contribution in [2.24, 2.45) is 5.73 Å². The second-order valence-corrected chi connectivity index (χ2v) is 4.55. The van der Waals surface area contributed by atoms with Gasteiger partial charge < -0.3 is 10.5 Å². The van der Waals surface area contributed by atoms with Crippen LogP contribution in [0.4, 0.5) is 0 Å². The highest BCUT2D eigenvalue weighted by Crippen LogP contribution is 1.94. The number of hydrogen-bond donors (Lipinski definition) is 2. The Labute approximate surface area is 83.9 Å². The Morgan fingerprint density at radius 2 is 2.14 bits per heavy atom. The zero-order chi connectivity index (χ0) is 11.2. The molecular weight excluding hydrogens is 208 g/mol. The van der Waals surface area contributed by atoms with Gasteiger partial charge in [0.05, 0.1) is 7.11 Å². The zero-order valence-corrected chi connectivity index (χ0v) is 9.13. The molecule has 14 heavy (non-hydrogen) atoms. The Morgan fingerprint density at radius 3 is 2.50 bits per heavy atom. The molecule has 0 fully saturated rings. The number of rotatable bonds is 6. The van der Waals surface area contributed by atoms with Crippen LogP contribution in [0.15, 0.2) is 0 Å². The minimum Gasteiger partial charge on any atom is -0.468 e. The lowest BCUT2D eigenvalue weighted by atomic mass is 10.2. The third-order valence-electron chi connectivity index (χ3n) is 1.66. The molecule has 0 bridgehead atoms. The summed E-state index contributed by atoms with van der Waals surface area (Å²) < 4.78 is 29.1. The molecule has 0 saturated carbocycles. The second kappa shape index (κ2) is 5.94. The average molecular weight is 224 g/mol. The van der Waals surface area contributed by atoms with Crippen LogP contribution in [0, 0.1) is 0 Å². The lowest BCUT2D eigenvalue weighted by molar-refractivity contribution is -0.137. The van der Waals surface area contributed by atoms with E-state index in [4.69, 9.17) is 5.73 Å². The molecule has 0 aromatic rings. The fourth-order valence-electron chi connectivity index (χ4n) is 0.808. The van der Waals surface area contributed by atoms with Gasteiger partial charge in [-0.1, -0.05) is 6.92 Å². The van der Waals surface area contributed by atoms with E-state index in [1.54, 1.807) is 6.92 Å². The molecular formula is C7H16N2O4S. The predicted molar refractivity (Wildman–Crippen MR) is 52.1 cm³/mol. The molecule has 1 atom stereocenters. The van der Waals surface area contributed by atoms with Gasteiger partial charge in [0, 0.05) is 12.6 Å². The van der Waals surface area contributed by atoms with Crippen molar-refractivity contribution in [1.82, 2.24) is 4.72 Å². The van der Waals surface area contributed by atoms with Crippen LogP contribution in [0.2, 0.25) is 0 Å². The summed E-state index contributed by atoms with van der Waals surface area (Å²) in [5.74, 6) is -1.45. The van der Waals surface area contributed by atoms with Gasteiger partial charge in [-0.2, -0.15) is 0 Å². The Hall–Kier alpha value is -0.660. The van der Waals surface area contributed by atoms with Gasteiger partial charge in [0.25, 0.3) is 0 Å². The number of hydrogen-bond acceptors (Lipinski definition) is 5. The van der Waals surface area contributed by atoms with Gasteiger partial charge in [-0.3, -0.25) is 4.79 Å². The van der Waals surface area contributed by atoms with Crippen LogP contribution in [-0.2, 0) is 19.6 Å². The number of nitrogens with two attached hydrogens (primary N) is 1. The van der Waals surface area contributed by atoms with Gasteiger partial charge in [0.2, 0.25) is 10.0 Å². The lowest BCUT2D eigenvalue weighted by Gasteiger charge is -2.13. The molecule has 0 aromatic heterocycles. The van der Waals surface area contributed by atoms with Gasteiger partial charge in [0.15, 0.2) is 5.75 Å². The molecule has 0 radical (unpaired) electrons. The fraction of sp³-hybridized carbons (Fsp3) is 0.857. The first-order chi connectivity index (χ1) is 6.45. The molecule has 0 amide bonds. The monoisotopic (exact) mass is 224 g/mol. The van der Waals surface area contributed by atoms with Crippen LogP contribution in [0.25, 0.3) is 0 Å². The highest BCUT2D eigenvalue weighted by molar-refractivity contribution is 7.90. The summed E-state index contributed by atoms with van der Waals surface area (Å²) in [6.07, 6.45) is 0.580. The molecule has 3 N–H and O–H groups in total. The van der Waals surface area contributed by atoms with E-state index in [0.717, 1.165) is 7.11 Å². The summed E-state index contributed by atoms with van der Waals surface area (Å²) in [5.41, 5.74) is 5.31. The van der Waals surface area contributed by atoms with Crippen LogP contribution in [0.3, 0.4) is 0 Å². The molecule has 0 aromatic carbocycles. The first kappa shape index (κ1) is 13.3. The van der Waals surface area contributed by atoms with Gasteiger partial charge in [-0.25, -0.2) is 13.1 Å². The number of esters is 1. The van der Waals surface area contributed by atoms with Gasteiger partial charge in [0.1, 0.15) is 0 Å². The normalized spacial score (nSPS) is 13.6. The Balaban J connectivity index is 4.27. The molecule has 84 valence electrons. The summed E-state index contributed by atoms with van der Waals surface area (Å²) >= 11 is 0. The van der Waals surface area contributed by atoms with Crippen molar-refractivity contribution in [1.29, 1.82) is 0 Å². The molecule has 0 aliphatic heterocycles. The quantitative estimate of drug-likeness (QED) is 0.553. The zero-order valence-electron chi connectivity index (χ0n) is 8.32. The Bertz CT molecular complexity index is 271. The van der Waals surface area contributed by atoms with Crippen LogP contribution < -0.4 is 10.5 Å². The van der Waals surface area contributed by atoms with E-state index in [-0.39, 0.29) is 12.6 Å². The molecule has 0 aliphatic carbocycles. The summed E-state index contributed by atoms with van der Waals surface area (Å²) in [6.45, 7) is 2.01. The smallest absolute Gasteiger partial charge is 0.322 e. The van der Waals surface area contributed by atoms with E-state index < -0.39 is 21.7 Å². The summed E-state index contributed by atoms with van der Waals surface area (Å²) in [5, 5.41) is 0. The van der Waals surface area contributed by atoms with Crippen molar-refractivity contribution in [3.63, 3.8) is 0 Å². The number of carbonyl (C=O) groups is 1. The molecule has 6 nitrogen and oxygen atoms in total. The van der Waals surface area contributed by atoms with E-state index >= 15 is 0 Å². The van der Waals surface area contributed by atoms with E-state index in [9.17, 15) is 13.2 Å². The standard InChI is InChI=1S/C7H16N2O4S/c1-3-6(4-8)9-14(11,12)5-7(10)13-2/h6,9H,3-5,8H2,1-2H3. The SMILES string of the molecule is CCC(CN)NS(=O)(=O)CC(=O)OC. The summed E-state index contributed by atoms with van der Waals surface area (Å²) in [4.78, 5) is 10.7. The van der Waals surface area contributed by atoms with Crippen molar-refractivity contribution in [3.05, 3.63) is 0 Å². The molecule has 0 saturated heterocycles. The van der Waals surface area contributed by atoms with Crippen molar-refractivity contribution in [2.75, 3.05) is 19.4 Å². The number of methoxy groups -OCH3 is 1. The minimum atomic E-state index is -3.62. The first-order valence-electron chi connectivity index (χ1n) is 4.22. The molecule has 0 heterocycles. The minimum absolute atomic E-state index is 0.205. The number of carbonyl (C=O) groups excluding carboxylic acids is 1. The van der Waals surface area contributed by atoms with E-state index in [0.29, 0.717) is 6.42 Å². The third kappa shape index (κ3) is 5.15. The van der Waals surface area contributed by atoms with Crippen LogP contribution in [0.5, 0.6) is 0 Å². The van der Waals surface area contributed by atoms with Crippen molar-refractivity contribution in [3.8, 4) is 0 Å². The van der Waals surface area contributed by atoms with Gasteiger partial charge >= 0.3 is 5.97 Å².